The molecule has 0 aliphatic heterocycles. The number of ether oxygens (including phenoxy) is 1. The van der Waals surface area contributed by atoms with E-state index in [1.165, 1.54) is 7.11 Å². The largest absolute Gasteiger partial charge is 0.467 e. The molecule has 0 saturated heterocycles. The lowest BCUT2D eigenvalue weighted by molar-refractivity contribution is -0.142. The first-order valence-corrected chi connectivity index (χ1v) is 8.82. The highest BCUT2D eigenvalue weighted by molar-refractivity contribution is 6.39. The molecule has 0 aliphatic rings. The zero-order valence-corrected chi connectivity index (χ0v) is 16.1. The van der Waals surface area contributed by atoms with Gasteiger partial charge in [-0.3, -0.25) is 4.79 Å². The minimum atomic E-state index is -0.893. The number of nitrogens with one attached hydrogen (secondary N) is 1. The minimum Gasteiger partial charge on any atom is -0.467 e. The zero-order valence-electron chi connectivity index (χ0n) is 14.6. The Morgan fingerprint density at radius 2 is 1.78 bits per heavy atom. The van der Waals surface area contributed by atoms with Gasteiger partial charge in [-0.15, -0.1) is 0 Å². The molecule has 2 aromatic carbocycles. The minimum absolute atomic E-state index is 0.113. The van der Waals surface area contributed by atoms with E-state index in [1.807, 2.05) is 24.3 Å². The summed E-state index contributed by atoms with van der Waals surface area (Å²) in [5, 5.41) is 3.04. The van der Waals surface area contributed by atoms with E-state index < -0.39 is 17.9 Å². The van der Waals surface area contributed by atoms with Crippen LogP contribution < -0.4 is 11.1 Å². The number of hydrogen-bond acceptors (Lipinski definition) is 4. The molecule has 1 atom stereocenters. The van der Waals surface area contributed by atoms with Gasteiger partial charge in [0.15, 0.2) is 0 Å². The van der Waals surface area contributed by atoms with E-state index in [-0.39, 0.29) is 28.6 Å². The van der Waals surface area contributed by atoms with Gasteiger partial charge in [-0.2, -0.15) is 0 Å². The molecule has 3 N–H and O–H groups in total. The molecular weight excluding hydrogens is 387 g/mol. The summed E-state index contributed by atoms with van der Waals surface area (Å²) in [6.07, 6.45) is 0.241. The molecule has 0 heterocycles. The summed E-state index contributed by atoms with van der Waals surface area (Å²) in [7, 11) is 1.26. The molecule has 2 rings (SSSR count). The van der Waals surface area contributed by atoms with Crippen LogP contribution in [0, 0.1) is 11.8 Å². The number of amides is 1. The van der Waals surface area contributed by atoms with Gasteiger partial charge >= 0.3 is 5.97 Å². The van der Waals surface area contributed by atoms with Crippen LogP contribution in [0.4, 0.5) is 0 Å². The van der Waals surface area contributed by atoms with Crippen LogP contribution in [-0.2, 0) is 16.0 Å². The van der Waals surface area contributed by atoms with E-state index in [4.69, 9.17) is 33.7 Å². The van der Waals surface area contributed by atoms with Gasteiger partial charge in [0.05, 0.1) is 29.3 Å². The summed E-state index contributed by atoms with van der Waals surface area (Å²) in [5.41, 5.74) is 7.10. The average Bonchev–Trinajstić information content (AvgIpc) is 2.66. The Morgan fingerprint density at radius 1 is 1.15 bits per heavy atom. The number of benzene rings is 2. The van der Waals surface area contributed by atoms with Crippen molar-refractivity contribution in [2.24, 2.45) is 5.73 Å². The molecule has 7 heteroatoms. The van der Waals surface area contributed by atoms with Crippen molar-refractivity contribution in [1.29, 1.82) is 0 Å². The summed E-state index contributed by atoms with van der Waals surface area (Å²) in [4.78, 5) is 24.7. The number of carbonyl (C=O) groups excluding carboxylic acids is 2. The van der Waals surface area contributed by atoms with Gasteiger partial charge in [-0.25, -0.2) is 4.79 Å². The fraction of sp³-hybridized carbons (Fsp3) is 0.200. The first kappa shape index (κ1) is 20.8. The molecule has 0 bridgehead atoms. The third-order valence-corrected chi connectivity index (χ3v) is 4.34. The second-order valence-electron chi connectivity index (χ2n) is 5.55. The second kappa shape index (κ2) is 9.98. The first-order valence-electron chi connectivity index (χ1n) is 8.06. The summed E-state index contributed by atoms with van der Waals surface area (Å²) >= 11 is 12.1. The van der Waals surface area contributed by atoms with Crippen LogP contribution in [0.1, 0.15) is 21.5 Å². The molecule has 0 aliphatic carbocycles. The molecule has 0 spiro atoms. The monoisotopic (exact) mass is 404 g/mol. The highest BCUT2D eigenvalue weighted by Gasteiger charge is 2.24. The summed E-state index contributed by atoms with van der Waals surface area (Å²) in [6, 6.07) is 11.1. The summed E-state index contributed by atoms with van der Waals surface area (Å²) in [6.45, 7) is 0.281. The van der Waals surface area contributed by atoms with E-state index in [2.05, 4.69) is 17.2 Å². The van der Waals surface area contributed by atoms with Crippen LogP contribution in [0.2, 0.25) is 10.0 Å². The summed E-state index contributed by atoms with van der Waals surface area (Å²) < 4.78 is 4.80. The SMILES string of the molecule is COC(=O)C(Cc1ccc(C#CCN)cc1)NC(=O)c1c(Cl)cccc1Cl. The number of methoxy groups -OCH3 is 1. The molecule has 140 valence electrons. The van der Waals surface area contributed by atoms with Gasteiger partial charge in [-0.1, -0.05) is 53.2 Å². The molecule has 5 nitrogen and oxygen atoms in total. The van der Waals surface area contributed by atoms with E-state index in [0.29, 0.717) is 0 Å². The number of halogens is 2. The predicted octanol–water partition coefficient (Wildman–Crippen LogP) is 2.82. The van der Waals surface area contributed by atoms with Crippen molar-refractivity contribution in [1.82, 2.24) is 5.32 Å². The van der Waals surface area contributed by atoms with Crippen LogP contribution in [0.5, 0.6) is 0 Å². The molecule has 0 saturated carbocycles. The molecule has 0 radical (unpaired) electrons. The standard InChI is InChI=1S/C20H18Cl2N2O3/c1-27-20(26)17(12-14-9-7-13(8-10-14)4-3-11-23)24-19(25)18-15(21)5-2-6-16(18)22/h2,5-10,17H,11-12,23H2,1H3,(H,24,25). The number of carbonyl (C=O) groups is 2. The Morgan fingerprint density at radius 3 is 2.33 bits per heavy atom. The van der Waals surface area contributed by atoms with Gasteiger partial charge < -0.3 is 15.8 Å². The highest BCUT2D eigenvalue weighted by Crippen LogP contribution is 2.24. The molecule has 2 aromatic rings. The van der Waals surface area contributed by atoms with Crippen molar-refractivity contribution < 1.29 is 14.3 Å². The van der Waals surface area contributed by atoms with Crippen LogP contribution in [0.15, 0.2) is 42.5 Å². The highest BCUT2D eigenvalue weighted by atomic mass is 35.5. The Hall–Kier alpha value is -2.52. The molecule has 1 unspecified atom stereocenters. The van der Waals surface area contributed by atoms with E-state index in [9.17, 15) is 9.59 Å². The zero-order chi connectivity index (χ0) is 19.8. The maximum absolute atomic E-state index is 12.6. The lowest BCUT2D eigenvalue weighted by Crippen LogP contribution is -2.43. The molecule has 0 fully saturated rings. The van der Waals surface area contributed by atoms with Gasteiger partial charge in [0.25, 0.3) is 5.91 Å². The van der Waals surface area contributed by atoms with Crippen molar-refractivity contribution >= 4 is 35.1 Å². The smallest absolute Gasteiger partial charge is 0.328 e. The van der Waals surface area contributed by atoms with Crippen molar-refractivity contribution in [2.75, 3.05) is 13.7 Å². The summed E-state index contributed by atoms with van der Waals surface area (Å²) in [5.74, 6) is 4.57. The molecular formula is C20H18Cl2N2O3. The lowest BCUT2D eigenvalue weighted by atomic mass is 10.0. The molecule has 1 amide bonds. The Kier molecular flexibility index (Phi) is 7.68. The van der Waals surface area contributed by atoms with Gasteiger partial charge in [0.1, 0.15) is 6.04 Å². The predicted molar refractivity (Wildman–Crippen MR) is 106 cm³/mol. The van der Waals surface area contributed by atoms with Gasteiger partial charge in [0.2, 0.25) is 0 Å². The van der Waals surface area contributed by atoms with Crippen LogP contribution >= 0.6 is 23.2 Å². The topological polar surface area (TPSA) is 81.4 Å². The van der Waals surface area contributed by atoms with Gasteiger partial charge in [0, 0.05) is 12.0 Å². The second-order valence-corrected chi connectivity index (χ2v) is 6.37. The maximum atomic E-state index is 12.6. The average molecular weight is 405 g/mol. The van der Waals surface area contributed by atoms with Crippen molar-refractivity contribution in [3.05, 3.63) is 69.2 Å². The molecule has 0 aromatic heterocycles. The normalized spacial score (nSPS) is 11.1. The van der Waals surface area contributed by atoms with Gasteiger partial charge in [-0.05, 0) is 29.8 Å². The van der Waals surface area contributed by atoms with Crippen molar-refractivity contribution in [3.8, 4) is 11.8 Å². The van der Waals surface area contributed by atoms with E-state index in [1.54, 1.807) is 18.2 Å². The Bertz CT molecular complexity index is 866. The number of esters is 1. The Balaban J connectivity index is 2.18. The fourth-order valence-electron chi connectivity index (χ4n) is 2.39. The van der Waals surface area contributed by atoms with Crippen LogP contribution in [0.3, 0.4) is 0 Å². The number of nitrogens with two attached hydrogens (primary N) is 1. The van der Waals surface area contributed by atoms with Crippen molar-refractivity contribution in [2.45, 2.75) is 12.5 Å². The third kappa shape index (κ3) is 5.73. The Labute approximate surface area is 167 Å². The maximum Gasteiger partial charge on any atom is 0.328 e. The third-order valence-electron chi connectivity index (χ3n) is 3.71. The lowest BCUT2D eigenvalue weighted by Gasteiger charge is -2.17. The fourth-order valence-corrected chi connectivity index (χ4v) is 2.96. The van der Waals surface area contributed by atoms with E-state index in [0.717, 1.165) is 11.1 Å². The van der Waals surface area contributed by atoms with E-state index >= 15 is 0 Å². The van der Waals surface area contributed by atoms with Crippen molar-refractivity contribution in [3.63, 3.8) is 0 Å². The van der Waals surface area contributed by atoms with Crippen LogP contribution in [-0.4, -0.2) is 31.6 Å². The number of rotatable bonds is 5. The van der Waals surface area contributed by atoms with Crippen LogP contribution in [0.25, 0.3) is 0 Å². The first-order chi connectivity index (χ1) is 13.0. The quantitative estimate of drug-likeness (QED) is 0.592. The molecule has 27 heavy (non-hydrogen) atoms. The number of hydrogen-bond donors (Lipinski definition) is 2.